The normalized spacial score (nSPS) is 18.4. The Morgan fingerprint density at radius 1 is 1.42 bits per heavy atom. The van der Waals surface area contributed by atoms with E-state index in [1.165, 1.54) is 26.3 Å². The fourth-order valence-corrected chi connectivity index (χ4v) is 2.20. The Morgan fingerprint density at radius 2 is 2.16 bits per heavy atom. The van der Waals surface area contributed by atoms with Crippen LogP contribution in [0.3, 0.4) is 0 Å². The first-order valence-electron chi connectivity index (χ1n) is 6.09. The number of esters is 1. The van der Waals surface area contributed by atoms with Crippen LogP contribution >= 0.6 is 0 Å². The van der Waals surface area contributed by atoms with Gasteiger partial charge in [-0.15, -0.1) is 0 Å². The van der Waals surface area contributed by atoms with Crippen molar-refractivity contribution in [2.45, 2.75) is 13.3 Å². The molecule has 1 amide bonds. The zero-order valence-electron chi connectivity index (χ0n) is 10.9. The summed E-state index contributed by atoms with van der Waals surface area (Å²) in [4.78, 5) is 39.1. The number of hydrogen-bond acceptors (Lipinski definition) is 4. The molecule has 0 aromatic carbocycles. The quantitative estimate of drug-likeness (QED) is 0.648. The second-order valence-corrected chi connectivity index (χ2v) is 4.62. The van der Waals surface area contributed by atoms with Crippen molar-refractivity contribution in [2.75, 3.05) is 20.2 Å². The lowest BCUT2D eigenvalue weighted by atomic mass is 10.1. The number of rotatable bonds is 3. The fourth-order valence-electron chi connectivity index (χ4n) is 2.20. The van der Waals surface area contributed by atoms with E-state index < -0.39 is 0 Å². The van der Waals surface area contributed by atoms with Crippen LogP contribution in [0, 0.1) is 5.92 Å². The van der Waals surface area contributed by atoms with Crippen LogP contribution in [0.1, 0.15) is 34.2 Å². The molecule has 102 valence electrons. The number of aromatic nitrogens is 1. The van der Waals surface area contributed by atoms with E-state index in [1.54, 1.807) is 4.90 Å². The maximum atomic E-state index is 12.2. The first-order valence-corrected chi connectivity index (χ1v) is 6.09. The molecule has 1 atom stereocenters. The van der Waals surface area contributed by atoms with Crippen LogP contribution in [-0.2, 0) is 9.53 Å². The van der Waals surface area contributed by atoms with Gasteiger partial charge in [-0.1, -0.05) is 0 Å². The second kappa shape index (κ2) is 5.26. The van der Waals surface area contributed by atoms with Crippen molar-refractivity contribution in [3.8, 4) is 0 Å². The van der Waals surface area contributed by atoms with Crippen molar-refractivity contribution < 1.29 is 19.1 Å². The lowest BCUT2D eigenvalue weighted by Gasteiger charge is -2.14. The summed E-state index contributed by atoms with van der Waals surface area (Å²) in [6.07, 6.45) is 2.13. The summed E-state index contributed by atoms with van der Waals surface area (Å²) in [6, 6.07) is 1.54. The van der Waals surface area contributed by atoms with Gasteiger partial charge in [-0.05, 0) is 19.4 Å². The number of hydrogen-bond donors (Lipinski definition) is 1. The summed E-state index contributed by atoms with van der Waals surface area (Å²) in [5.41, 5.74) is 0.850. The molecule has 1 aromatic heterocycles. The Bertz CT molecular complexity index is 520. The molecular formula is C13H16N2O4. The summed E-state index contributed by atoms with van der Waals surface area (Å²) in [7, 11) is 1.34. The Morgan fingerprint density at radius 3 is 2.74 bits per heavy atom. The van der Waals surface area contributed by atoms with Gasteiger partial charge in [-0.25, -0.2) is 0 Å². The smallest absolute Gasteiger partial charge is 0.310 e. The fraction of sp³-hybridized carbons (Fsp3) is 0.462. The minimum absolute atomic E-state index is 0.0934. The summed E-state index contributed by atoms with van der Waals surface area (Å²) < 4.78 is 4.67. The van der Waals surface area contributed by atoms with Gasteiger partial charge in [0.1, 0.15) is 5.69 Å². The maximum absolute atomic E-state index is 12.2. The van der Waals surface area contributed by atoms with Crippen molar-refractivity contribution in [1.29, 1.82) is 0 Å². The first-order chi connectivity index (χ1) is 9.02. The van der Waals surface area contributed by atoms with Gasteiger partial charge in [0.15, 0.2) is 5.78 Å². The molecule has 0 spiro atoms. The number of H-pyrrole nitrogens is 1. The zero-order chi connectivity index (χ0) is 14.0. The lowest BCUT2D eigenvalue weighted by Crippen LogP contribution is -2.30. The molecule has 1 N–H and O–H groups in total. The minimum Gasteiger partial charge on any atom is -0.469 e. The van der Waals surface area contributed by atoms with Crippen LogP contribution in [0.5, 0.6) is 0 Å². The van der Waals surface area contributed by atoms with Crippen LogP contribution in [-0.4, -0.2) is 47.7 Å². The van der Waals surface area contributed by atoms with E-state index in [9.17, 15) is 14.4 Å². The highest BCUT2D eigenvalue weighted by molar-refractivity contribution is 5.99. The van der Waals surface area contributed by atoms with Crippen molar-refractivity contribution in [3.63, 3.8) is 0 Å². The van der Waals surface area contributed by atoms with Crippen LogP contribution in [0.4, 0.5) is 0 Å². The molecule has 6 heteroatoms. The Labute approximate surface area is 110 Å². The standard InChI is InChI=1S/C13H16N2O4/c1-8(16)10-5-11(14-6-10)12(17)15-4-3-9(7-15)13(18)19-2/h5-6,9,14H,3-4,7H2,1-2H3. The molecule has 1 aliphatic heterocycles. The molecule has 1 unspecified atom stereocenters. The molecule has 1 aromatic rings. The van der Waals surface area contributed by atoms with Crippen molar-refractivity contribution in [3.05, 3.63) is 23.5 Å². The zero-order valence-corrected chi connectivity index (χ0v) is 10.9. The number of Topliss-reactive ketones (excluding diaryl/α,β-unsaturated/α-hetero) is 1. The molecule has 0 bridgehead atoms. The third-order valence-corrected chi connectivity index (χ3v) is 3.33. The molecule has 1 aliphatic rings. The number of likely N-dealkylation sites (tertiary alicyclic amines) is 1. The number of nitrogens with zero attached hydrogens (tertiary/aromatic N) is 1. The average molecular weight is 264 g/mol. The van der Waals surface area contributed by atoms with Gasteiger partial charge in [-0.3, -0.25) is 14.4 Å². The summed E-state index contributed by atoms with van der Waals surface area (Å²) in [5.74, 6) is -0.828. The van der Waals surface area contributed by atoms with Crippen LogP contribution in [0.15, 0.2) is 12.3 Å². The molecule has 2 rings (SSSR count). The highest BCUT2D eigenvalue weighted by atomic mass is 16.5. The van der Waals surface area contributed by atoms with E-state index in [4.69, 9.17) is 0 Å². The first kappa shape index (κ1) is 13.3. The molecule has 19 heavy (non-hydrogen) atoms. The van der Waals surface area contributed by atoms with Crippen molar-refractivity contribution in [2.24, 2.45) is 5.92 Å². The van der Waals surface area contributed by atoms with E-state index in [-0.39, 0.29) is 23.6 Å². The Kier molecular flexibility index (Phi) is 3.69. The van der Waals surface area contributed by atoms with Crippen molar-refractivity contribution in [1.82, 2.24) is 9.88 Å². The van der Waals surface area contributed by atoms with Gasteiger partial charge in [0.2, 0.25) is 0 Å². The number of nitrogens with one attached hydrogen (secondary N) is 1. The Hall–Kier alpha value is -2.11. The van der Waals surface area contributed by atoms with E-state index in [2.05, 4.69) is 9.72 Å². The number of methoxy groups -OCH3 is 1. The minimum atomic E-state index is -0.286. The molecule has 1 saturated heterocycles. The highest BCUT2D eigenvalue weighted by Crippen LogP contribution is 2.19. The van der Waals surface area contributed by atoms with Crippen molar-refractivity contribution >= 4 is 17.7 Å². The van der Waals surface area contributed by atoms with E-state index in [0.29, 0.717) is 30.8 Å². The SMILES string of the molecule is COC(=O)C1CCN(C(=O)c2cc(C(C)=O)c[nH]2)C1. The van der Waals surface area contributed by atoms with Gasteiger partial charge in [0, 0.05) is 24.8 Å². The molecule has 2 heterocycles. The molecule has 6 nitrogen and oxygen atoms in total. The van der Waals surface area contributed by atoms with Gasteiger partial charge in [0.05, 0.1) is 13.0 Å². The van der Waals surface area contributed by atoms with Gasteiger partial charge in [0.25, 0.3) is 5.91 Å². The average Bonchev–Trinajstić information content (AvgIpc) is 3.05. The number of ether oxygens (including phenoxy) is 1. The van der Waals surface area contributed by atoms with E-state index >= 15 is 0 Å². The largest absolute Gasteiger partial charge is 0.469 e. The summed E-state index contributed by atoms with van der Waals surface area (Å²) in [6.45, 7) is 2.33. The number of aromatic amines is 1. The lowest BCUT2D eigenvalue weighted by molar-refractivity contribution is -0.144. The monoisotopic (exact) mass is 264 g/mol. The molecular weight excluding hydrogens is 248 g/mol. The highest BCUT2D eigenvalue weighted by Gasteiger charge is 2.32. The topological polar surface area (TPSA) is 79.5 Å². The number of carbonyl (C=O) groups is 3. The molecule has 0 saturated carbocycles. The van der Waals surface area contributed by atoms with Crippen LogP contribution in [0.25, 0.3) is 0 Å². The number of ketones is 1. The molecule has 0 aliphatic carbocycles. The number of carbonyl (C=O) groups excluding carboxylic acids is 3. The second-order valence-electron chi connectivity index (χ2n) is 4.62. The van der Waals surface area contributed by atoms with Gasteiger partial charge >= 0.3 is 5.97 Å². The molecule has 0 radical (unpaired) electrons. The maximum Gasteiger partial charge on any atom is 0.310 e. The predicted molar refractivity (Wildman–Crippen MR) is 66.8 cm³/mol. The van der Waals surface area contributed by atoms with E-state index in [1.807, 2.05) is 0 Å². The third kappa shape index (κ3) is 2.67. The molecule has 1 fully saturated rings. The Balaban J connectivity index is 2.04. The summed E-state index contributed by atoms with van der Waals surface area (Å²) in [5, 5.41) is 0. The van der Waals surface area contributed by atoms with Crippen LogP contribution in [0.2, 0.25) is 0 Å². The predicted octanol–water partition coefficient (Wildman–Crippen LogP) is 0.852. The number of amides is 1. The summed E-state index contributed by atoms with van der Waals surface area (Å²) >= 11 is 0. The van der Waals surface area contributed by atoms with Gasteiger partial charge < -0.3 is 14.6 Å². The van der Waals surface area contributed by atoms with Crippen LogP contribution < -0.4 is 0 Å². The van der Waals surface area contributed by atoms with Gasteiger partial charge in [-0.2, -0.15) is 0 Å². The van der Waals surface area contributed by atoms with E-state index in [0.717, 1.165) is 0 Å². The third-order valence-electron chi connectivity index (χ3n) is 3.33.